The highest BCUT2D eigenvalue weighted by Crippen LogP contribution is 2.25. The molecule has 36 heavy (non-hydrogen) atoms. The Morgan fingerprint density at radius 1 is 1.06 bits per heavy atom. The first kappa shape index (κ1) is 29.6. The number of hydrogen-bond donors (Lipinski definition) is 1. The summed E-state index contributed by atoms with van der Waals surface area (Å²) in [6, 6.07) is 12.0. The summed E-state index contributed by atoms with van der Waals surface area (Å²) in [5.74, 6) is -0.478. The molecule has 0 fully saturated rings. The number of sulfonamides is 1. The third kappa shape index (κ3) is 8.52. The van der Waals surface area contributed by atoms with E-state index in [1.54, 1.807) is 25.1 Å². The Morgan fingerprint density at radius 3 is 2.22 bits per heavy atom. The van der Waals surface area contributed by atoms with Crippen LogP contribution in [-0.4, -0.2) is 49.5 Å². The van der Waals surface area contributed by atoms with E-state index in [0.29, 0.717) is 17.1 Å². The lowest BCUT2D eigenvalue weighted by atomic mass is 10.1. The van der Waals surface area contributed by atoms with Crippen molar-refractivity contribution in [2.24, 2.45) is 0 Å². The Bertz CT molecular complexity index is 1170. The number of benzene rings is 2. The van der Waals surface area contributed by atoms with Crippen molar-refractivity contribution < 1.29 is 18.0 Å². The molecule has 0 aliphatic heterocycles. The van der Waals surface area contributed by atoms with Gasteiger partial charge >= 0.3 is 0 Å². The lowest BCUT2D eigenvalue weighted by molar-refractivity contribution is -0.141. The maximum Gasteiger partial charge on any atom is 0.242 e. The van der Waals surface area contributed by atoms with Crippen molar-refractivity contribution in [3.05, 3.63) is 64.2 Å². The van der Waals surface area contributed by atoms with Gasteiger partial charge in [-0.15, -0.1) is 0 Å². The summed E-state index contributed by atoms with van der Waals surface area (Å²) in [5.41, 5.74) is 2.88. The average Bonchev–Trinajstić information content (AvgIpc) is 2.76. The molecule has 1 N–H and O–H groups in total. The molecule has 0 unspecified atom stereocenters. The van der Waals surface area contributed by atoms with E-state index < -0.39 is 21.6 Å². The highest BCUT2D eigenvalue weighted by atomic mass is 35.5. The second kappa shape index (κ2) is 12.1. The van der Waals surface area contributed by atoms with E-state index in [2.05, 4.69) is 5.32 Å². The minimum atomic E-state index is -3.55. The Kier molecular flexibility index (Phi) is 9.97. The van der Waals surface area contributed by atoms with Gasteiger partial charge in [0.1, 0.15) is 6.04 Å². The van der Waals surface area contributed by atoms with Crippen molar-refractivity contribution in [1.29, 1.82) is 0 Å². The standard InChI is InChI=1S/C27H38ClN3O4S/c1-19-10-8-11-24(20(19)2)31(36(7,34)35)17-9-12-25(32)30(18-22-13-15-23(28)16-14-22)21(3)26(33)29-27(4,5)6/h8,10-11,13-16,21H,9,12,17-18H2,1-7H3,(H,29,33)/t21-/m1/s1. The van der Waals surface area contributed by atoms with Gasteiger partial charge in [0.15, 0.2) is 0 Å². The van der Waals surface area contributed by atoms with Crippen LogP contribution in [0.25, 0.3) is 0 Å². The van der Waals surface area contributed by atoms with E-state index in [4.69, 9.17) is 11.6 Å². The second-order valence-electron chi connectivity index (χ2n) is 10.2. The number of aryl methyl sites for hydroxylation is 1. The molecular formula is C27H38ClN3O4S. The van der Waals surface area contributed by atoms with Crippen molar-refractivity contribution >= 4 is 39.1 Å². The first-order valence-electron chi connectivity index (χ1n) is 12.0. The number of halogens is 1. The smallest absolute Gasteiger partial charge is 0.242 e. The second-order valence-corrected chi connectivity index (χ2v) is 12.6. The monoisotopic (exact) mass is 535 g/mol. The minimum absolute atomic E-state index is 0.0949. The van der Waals surface area contributed by atoms with E-state index in [9.17, 15) is 18.0 Å². The molecule has 2 aromatic rings. The molecule has 0 saturated heterocycles. The molecule has 0 bridgehead atoms. The zero-order valence-corrected chi connectivity index (χ0v) is 23.8. The molecule has 0 aliphatic rings. The lowest BCUT2D eigenvalue weighted by Gasteiger charge is -2.32. The number of carbonyl (C=O) groups is 2. The summed E-state index contributed by atoms with van der Waals surface area (Å²) in [7, 11) is -3.55. The molecule has 2 aromatic carbocycles. The van der Waals surface area contributed by atoms with Crippen molar-refractivity contribution in [1.82, 2.24) is 10.2 Å². The van der Waals surface area contributed by atoms with Gasteiger partial charge in [0, 0.05) is 30.1 Å². The summed E-state index contributed by atoms with van der Waals surface area (Å²) in [6.45, 7) is 11.6. The van der Waals surface area contributed by atoms with Crippen molar-refractivity contribution in [2.45, 2.75) is 72.5 Å². The molecule has 0 spiro atoms. The predicted octanol–water partition coefficient (Wildman–Crippen LogP) is 4.84. The molecule has 198 valence electrons. The van der Waals surface area contributed by atoms with Crippen molar-refractivity contribution in [2.75, 3.05) is 17.1 Å². The molecule has 9 heteroatoms. The number of rotatable bonds is 10. The SMILES string of the molecule is Cc1cccc(N(CCCC(=O)N(Cc2ccc(Cl)cc2)[C@H](C)C(=O)NC(C)(C)C)S(C)(=O)=O)c1C. The minimum Gasteiger partial charge on any atom is -0.350 e. The summed E-state index contributed by atoms with van der Waals surface area (Å²) in [4.78, 5) is 27.8. The zero-order valence-electron chi connectivity index (χ0n) is 22.3. The Morgan fingerprint density at radius 2 is 1.67 bits per heavy atom. The van der Waals surface area contributed by atoms with E-state index in [1.165, 1.54) is 15.5 Å². The third-order valence-electron chi connectivity index (χ3n) is 5.93. The third-order valence-corrected chi connectivity index (χ3v) is 7.36. The Labute approximate surface area is 220 Å². The number of nitrogens with one attached hydrogen (secondary N) is 1. The van der Waals surface area contributed by atoms with E-state index in [-0.39, 0.29) is 31.3 Å². The van der Waals surface area contributed by atoms with E-state index >= 15 is 0 Å². The van der Waals surface area contributed by atoms with Gasteiger partial charge in [0.25, 0.3) is 0 Å². The van der Waals surface area contributed by atoms with Gasteiger partial charge < -0.3 is 10.2 Å². The molecule has 7 nitrogen and oxygen atoms in total. The molecule has 1 atom stereocenters. The molecule has 0 heterocycles. The van der Waals surface area contributed by atoms with Crippen molar-refractivity contribution in [3.63, 3.8) is 0 Å². The number of anilines is 1. The van der Waals surface area contributed by atoms with E-state index in [0.717, 1.165) is 16.7 Å². The molecule has 0 aliphatic carbocycles. The van der Waals surface area contributed by atoms with Gasteiger partial charge in [-0.1, -0.05) is 35.9 Å². The quantitative estimate of drug-likeness (QED) is 0.472. The number of carbonyl (C=O) groups excluding carboxylic acids is 2. The van der Waals surface area contributed by atoms with Crippen molar-refractivity contribution in [3.8, 4) is 0 Å². The first-order chi connectivity index (χ1) is 16.6. The topological polar surface area (TPSA) is 86.8 Å². The summed E-state index contributed by atoms with van der Waals surface area (Å²) in [5, 5.41) is 3.52. The molecular weight excluding hydrogens is 498 g/mol. The summed E-state index contributed by atoms with van der Waals surface area (Å²) >= 11 is 6.00. The fraction of sp³-hybridized carbons (Fsp3) is 0.481. The van der Waals surface area contributed by atoms with Crippen LogP contribution in [0.1, 0.15) is 57.2 Å². The molecule has 2 amide bonds. The number of nitrogens with zero attached hydrogens (tertiary/aromatic N) is 2. The van der Waals surface area contributed by atoms with Crippen LogP contribution in [0, 0.1) is 13.8 Å². The van der Waals surface area contributed by atoms with Crippen LogP contribution in [0.3, 0.4) is 0 Å². The van der Waals surface area contributed by atoms with Gasteiger partial charge in [-0.05, 0) is 82.9 Å². The maximum absolute atomic E-state index is 13.4. The van der Waals surface area contributed by atoms with Crippen LogP contribution < -0.4 is 9.62 Å². The fourth-order valence-corrected chi connectivity index (χ4v) is 4.97. The summed E-state index contributed by atoms with van der Waals surface area (Å²) < 4.78 is 26.5. The fourth-order valence-electron chi connectivity index (χ4n) is 3.83. The lowest BCUT2D eigenvalue weighted by Crippen LogP contribution is -2.52. The largest absolute Gasteiger partial charge is 0.350 e. The van der Waals surface area contributed by atoms with E-state index in [1.807, 2.05) is 58.9 Å². The van der Waals surface area contributed by atoms with Gasteiger partial charge in [-0.3, -0.25) is 13.9 Å². The molecule has 0 saturated carbocycles. The van der Waals surface area contributed by atoms with Crippen LogP contribution >= 0.6 is 11.6 Å². The molecule has 2 rings (SSSR count). The Hall–Kier alpha value is -2.58. The summed E-state index contributed by atoms with van der Waals surface area (Å²) in [6.07, 6.45) is 1.57. The molecule has 0 radical (unpaired) electrons. The maximum atomic E-state index is 13.4. The van der Waals surface area contributed by atoms with Gasteiger partial charge in [0.05, 0.1) is 11.9 Å². The van der Waals surface area contributed by atoms with Crippen LogP contribution in [-0.2, 0) is 26.2 Å². The number of amides is 2. The normalized spacial score (nSPS) is 12.7. The van der Waals surface area contributed by atoms with Crippen LogP contribution in [0.2, 0.25) is 5.02 Å². The van der Waals surface area contributed by atoms with Crippen LogP contribution in [0.4, 0.5) is 5.69 Å². The van der Waals surface area contributed by atoms with Crippen LogP contribution in [0.15, 0.2) is 42.5 Å². The highest BCUT2D eigenvalue weighted by molar-refractivity contribution is 7.92. The van der Waals surface area contributed by atoms with Gasteiger partial charge in [0.2, 0.25) is 21.8 Å². The zero-order chi connectivity index (χ0) is 27.3. The first-order valence-corrected chi connectivity index (χ1v) is 14.2. The van der Waals surface area contributed by atoms with Gasteiger partial charge in [-0.2, -0.15) is 0 Å². The Balaban J connectivity index is 2.22. The van der Waals surface area contributed by atoms with Crippen LogP contribution in [0.5, 0.6) is 0 Å². The molecule has 0 aromatic heterocycles. The average molecular weight is 536 g/mol. The van der Waals surface area contributed by atoms with Gasteiger partial charge in [-0.25, -0.2) is 8.42 Å². The highest BCUT2D eigenvalue weighted by Gasteiger charge is 2.29. The number of hydrogen-bond acceptors (Lipinski definition) is 4. The predicted molar refractivity (Wildman–Crippen MR) is 147 cm³/mol.